The van der Waals surface area contributed by atoms with Crippen LogP contribution in [-0.4, -0.2) is 31.1 Å². The van der Waals surface area contributed by atoms with Gasteiger partial charge in [-0.3, -0.25) is 4.90 Å². The molecule has 1 fully saturated rings. The molecule has 1 aromatic rings. The maximum Gasteiger partial charge on any atom is 0.123 e. The molecule has 0 aromatic heterocycles. The average Bonchev–Trinajstić information content (AvgIpc) is 2.40. The van der Waals surface area contributed by atoms with Gasteiger partial charge in [-0.15, -0.1) is 6.58 Å². The molecule has 2 nitrogen and oxygen atoms in total. The summed E-state index contributed by atoms with van der Waals surface area (Å²) in [6.45, 7) is 9.91. The zero-order valence-corrected chi connectivity index (χ0v) is 11.0. The normalized spacial score (nSPS) is 18.6. The van der Waals surface area contributed by atoms with E-state index in [1.807, 2.05) is 19.1 Å². The van der Waals surface area contributed by atoms with Crippen molar-refractivity contribution in [2.45, 2.75) is 19.4 Å². The summed E-state index contributed by atoms with van der Waals surface area (Å²) in [7, 11) is 0. The fraction of sp³-hybridized carbons (Fsp3) is 0.467. The fourth-order valence-electron chi connectivity index (χ4n) is 2.59. The largest absolute Gasteiger partial charge is 0.314 e. The third kappa shape index (κ3) is 2.98. The van der Waals surface area contributed by atoms with E-state index in [2.05, 4.69) is 16.8 Å². The zero-order valence-electron chi connectivity index (χ0n) is 11.0. The van der Waals surface area contributed by atoms with Crippen LogP contribution in [0.2, 0.25) is 0 Å². The highest BCUT2D eigenvalue weighted by Gasteiger charge is 2.22. The van der Waals surface area contributed by atoms with Gasteiger partial charge in [-0.1, -0.05) is 12.1 Å². The monoisotopic (exact) mass is 248 g/mol. The highest BCUT2D eigenvalue weighted by atomic mass is 19.1. The maximum atomic E-state index is 13.5. The van der Waals surface area contributed by atoms with Crippen molar-refractivity contribution in [1.29, 1.82) is 0 Å². The van der Waals surface area contributed by atoms with E-state index in [1.54, 1.807) is 6.07 Å². The molecule has 0 radical (unpaired) electrons. The number of halogens is 1. The zero-order chi connectivity index (χ0) is 13.0. The molecular weight excluding hydrogens is 227 g/mol. The second-order valence-corrected chi connectivity index (χ2v) is 4.83. The SMILES string of the molecule is C=CC[C@@H](c1cc(F)ccc1C)N1CCNCC1. The molecule has 0 spiro atoms. The Morgan fingerprint density at radius 1 is 1.44 bits per heavy atom. The molecule has 98 valence electrons. The van der Waals surface area contributed by atoms with Crippen molar-refractivity contribution < 1.29 is 4.39 Å². The second kappa shape index (κ2) is 6.12. The van der Waals surface area contributed by atoms with Crippen molar-refractivity contribution in [3.8, 4) is 0 Å². The summed E-state index contributed by atoms with van der Waals surface area (Å²) >= 11 is 0. The molecule has 3 heteroatoms. The standard InChI is InChI=1S/C15H21FN2/c1-3-4-15(18-9-7-17-8-10-18)14-11-13(16)6-5-12(14)2/h3,5-6,11,15,17H,1,4,7-10H2,2H3/t15-/m0/s1. The lowest BCUT2D eigenvalue weighted by atomic mass is 9.96. The van der Waals surface area contributed by atoms with Gasteiger partial charge < -0.3 is 5.32 Å². The molecule has 0 aliphatic carbocycles. The summed E-state index contributed by atoms with van der Waals surface area (Å²) in [6.07, 6.45) is 2.79. The van der Waals surface area contributed by atoms with Gasteiger partial charge >= 0.3 is 0 Å². The molecule has 1 aromatic carbocycles. The molecule has 1 N–H and O–H groups in total. The van der Waals surface area contributed by atoms with E-state index in [0.29, 0.717) is 0 Å². The highest BCUT2D eigenvalue weighted by Crippen LogP contribution is 2.28. The Bertz CT molecular complexity index is 411. The van der Waals surface area contributed by atoms with E-state index >= 15 is 0 Å². The first kappa shape index (κ1) is 13.2. The van der Waals surface area contributed by atoms with Gasteiger partial charge in [0.2, 0.25) is 0 Å². The summed E-state index contributed by atoms with van der Waals surface area (Å²) in [4.78, 5) is 2.42. The molecule has 18 heavy (non-hydrogen) atoms. The van der Waals surface area contributed by atoms with E-state index in [-0.39, 0.29) is 11.9 Å². The van der Waals surface area contributed by atoms with Crippen LogP contribution in [0.1, 0.15) is 23.6 Å². The summed E-state index contributed by atoms with van der Waals surface area (Å²) in [5, 5.41) is 3.35. The van der Waals surface area contributed by atoms with Crippen molar-refractivity contribution in [2.24, 2.45) is 0 Å². The highest BCUT2D eigenvalue weighted by molar-refractivity contribution is 5.30. The summed E-state index contributed by atoms with van der Waals surface area (Å²) in [5.41, 5.74) is 2.25. The summed E-state index contributed by atoms with van der Waals surface area (Å²) in [5.74, 6) is -0.153. The predicted molar refractivity (Wildman–Crippen MR) is 73.1 cm³/mol. The smallest absolute Gasteiger partial charge is 0.123 e. The maximum absolute atomic E-state index is 13.5. The predicted octanol–water partition coefficient (Wildman–Crippen LogP) is 2.66. The molecule has 1 aliphatic heterocycles. The van der Waals surface area contributed by atoms with Crippen LogP contribution in [0.4, 0.5) is 4.39 Å². The van der Waals surface area contributed by atoms with E-state index < -0.39 is 0 Å². The Morgan fingerprint density at radius 3 is 2.83 bits per heavy atom. The van der Waals surface area contributed by atoms with E-state index in [4.69, 9.17) is 0 Å². The van der Waals surface area contributed by atoms with Crippen LogP contribution in [0, 0.1) is 12.7 Å². The van der Waals surface area contributed by atoms with E-state index in [9.17, 15) is 4.39 Å². The van der Waals surface area contributed by atoms with Gasteiger partial charge in [0.15, 0.2) is 0 Å². The van der Waals surface area contributed by atoms with Crippen molar-refractivity contribution in [2.75, 3.05) is 26.2 Å². The van der Waals surface area contributed by atoms with Gasteiger partial charge in [0.25, 0.3) is 0 Å². The van der Waals surface area contributed by atoms with Crippen LogP contribution < -0.4 is 5.32 Å². The number of rotatable bonds is 4. The Labute approximate surface area is 108 Å². The number of hydrogen-bond donors (Lipinski definition) is 1. The fourth-order valence-corrected chi connectivity index (χ4v) is 2.59. The first-order chi connectivity index (χ1) is 8.72. The molecule has 1 saturated heterocycles. The van der Waals surface area contributed by atoms with E-state index in [0.717, 1.165) is 43.7 Å². The second-order valence-electron chi connectivity index (χ2n) is 4.83. The minimum Gasteiger partial charge on any atom is -0.314 e. The van der Waals surface area contributed by atoms with Gasteiger partial charge in [0.1, 0.15) is 5.82 Å². The van der Waals surface area contributed by atoms with Crippen LogP contribution in [-0.2, 0) is 0 Å². The first-order valence-corrected chi connectivity index (χ1v) is 6.54. The number of aryl methyl sites for hydroxylation is 1. The molecule has 1 atom stereocenters. The lowest BCUT2D eigenvalue weighted by Gasteiger charge is -2.35. The van der Waals surface area contributed by atoms with Crippen LogP contribution in [0.15, 0.2) is 30.9 Å². The van der Waals surface area contributed by atoms with Crippen LogP contribution in [0.25, 0.3) is 0 Å². The lowest BCUT2D eigenvalue weighted by molar-refractivity contribution is 0.174. The average molecular weight is 248 g/mol. The summed E-state index contributed by atoms with van der Waals surface area (Å²) < 4.78 is 13.5. The molecular formula is C15H21FN2. The van der Waals surface area contributed by atoms with Gasteiger partial charge in [-0.2, -0.15) is 0 Å². The number of hydrogen-bond acceptors (Lipinski definition) is 2. The lowest BCUT2D eigenvalue weighted by Crippen LogP contribution is -2.45. The van der Waals surface area contributed by atoms with Gasteiger partial charge in [-0.05, 0) is 36.6 Å². The quantitative estimate of drug-likeness (QED) is 0.824. The van der Waals surface area contributed by atoms with Crippen LogP contribution >= 0.6 is 0 Å². The minimum atomic E-state index is -0.153. The minimum absolute atomic E-state index is 0.153. The van der Waals surface area contributed by atoms with Crippen molar-refractivity contribution in [1.82, 2.24) is 10.2 Å². The van der Waals surface area contributed by atoms with Gasteiger partial charge in [-0.25, -0.2) is 4.39 Å². The molecule has 0 bridgehead atoms. The molecule has 0 saturated carbocycles. The molecule has 2 rings (SSSR count). The van der Waals surface area contributed by atoms with Crippen molar-refractivity contribution in [3.63, 3.8) is 0 Å². The first-order valence-electron chi connectivity index (χ1n) is 6.54. The van der Waals surface area contributed by atoms with Crippen LogP contribution in [0.5, 0.6) is 0 Å². The Kier molecular flexibility index (Phi) is 4.50. The number of benzene rings is 1. The number of nitrogens with one attached hydrogen (secondary N) is 1. The molecule has 0 amide bonds. The van der Waals surface area contributed by atoms with E-state index in [1.165, 1.54) is 6.07 Å². The van der Waals surface area contributed by atoms with Gasteiger partial charge in [0, 0.05) is 32.2 Å². The topological polar surface area (TPSA) is 15.3 Å². The molecule has 1 aliphatic rings. The van der Waals surface area contributed by atoms with Crippen molar-refractivity contribution >= 4 is 0 Å². The Balaban J connectivity index is 2.27. The Hall–Kier alpha value is -1.19. The number of piperazine rings is 1. The van der Waals surface area contributed by atoms with Crippen molar-refractivity contribution in [3.05, 3.63) is 47.8 Å². The third-order valence-electron chi connectivity index (χ3n) is 3.58. The summed E-state index contributed by atoms with van der Waals surface area (Å²) in [6, 6.07) is 5.32. The third-order valence-corrected chi connectivity index (χ3v) is 3.58. The Morgan fingerprint density at radius 2 is 2.17 bits per heavy atom. The van der Waals surface area contributed by atoms with Gasteiger partial charge in [0.05, 0.1) is 0 Å². The number of nitrogens with zero attached hydrogens (tertiary/aromatic N) is 1. The van der Waals surface area contributed by atoms with Crippen LogP contribution in [0.3, 0.4) is 0 Å². The molecule has 1 heterocycles. The molecule has 0 unspecified atom stereocenters.